The Kier molecular flexibility index (Phi) is 17.4. The highest BCUT2D eigenvalue weighted by Gasteiger charge is 2.10. The maximum Gasteiger partial charge on any atom is 0.325 e. The molecule has 26 heavy (non-hydrogen) atoms. The third kappa shape index (κ3) is 22.6. The highest BCUT2D eigenvalue weighted by molar-refractivity contribution is 7.51. The van der Waals surface area contributed by atoms with Crippen LogP contribution in [0.25, 0.3) is 0 Å². The minimum absolute atomic E-state index is 0.0288. The van der Waals surface area contributed by atoms with Gasteiger partial charge in [0.2, 0.25) is 0 Å². The van der Waals surface area contributed by atoms with E-state index in [4.69, 9.17) is 9.79 Å². The molecule has 0 aliphatic heterocycles. The van der Waals surface area contributed by atoms with Crippen LogP contribution < -0.4 is 0 Å². The van der Waals surface area contributed by atoms with Crippen LogP contribution in [0.15, 0.2) is 72.9 Å². The summed E-state index contributed by atoms with van der Waals surface area (Å²) in [5.41, 5.74) is 0. The van der Waals surface area contributed by atoms with E-state index in [0.717, 1.165) is 44.9 Å². The standard InChI is InChI=1S/C22H35O3P/c1-2-3-4-5-6-7-8-9-10-11-12-13-14-15-16-17-18-19-20-21-22-26(23,24)25/h3-4,6-7,9-10,12-13,15-16,18-19H,2,5,8,11,14,17,20-22H2,1H3,(H2,23,24,25). The molecular weight excluding hydrogens is 343 g/mol. The Morgan fingerprint density at radius 3 is 1.31 bits per heavy atom. The Morgan fingerprint density at radius 1 is 0.615 bits per heavy atom. The normalized spacial score (nSPS) is 13.8. The van der Waals surface area contributed by atoms with Crippen LogP contribution in [0.5, 0.6) is 0 Å². The molecule has 0 saturated carbocycles. The lowest BCUT2D eigenvalue weighted by Crippen LogP contribution is -1.85. The summed E-state index contributed by atoms with van der Waals surface area (Å²) in [5, 5.41) is 0. The Hall–Kier alpha value is -1.41. The zero-order chi connectivity index (χ0) is 19.3. The van der Waals surface area contributed by atoms with Crippen molar-refractivity contribution in [2.75, 3.05) is 6.16 Å². The number of unbranched alkanes of at least 4 members (excludes halogenated alkanes) is 1. The van der Waals surface area contributed by atoms with Crippen molar-refractivity contribution < 1.29 is 14.4 Å². The Balaban J connectivity index is 3.54. The third-order valence-corrected chi connectivity index (χ3v) is 4.32. The van der Waals surface area contributed by atoms with Crippen LogP contribution in [-0.4, -0.2) is 15.9 Å². The molecule has 0 amide bonds. The summed E-state index contributed by atoms with van der Waals surface area (Å²) in [4.78, 5) is 17.5. The maximum absolute atomic E-state index is 10.7. The molecule has 0 fully saturated rings. The van der Waals surface area contributed by atoms with Gasteiger partial charge in [-0.15, -0.1) is 0 Å². The van der Waals surface area contributed by atoms with Crippen LogP contribution in [0.1, 0.15) is 58.3 Å². The molecule has 0 saturated heterocycles. The zero-order valence-corrected chi connectivity index (χ0v) is 16.9. The van der Waals surface area contributed by atoms with Gasteiger partial charge in [-0.2, -0.15) is 0 Å². The molecule has 0 aromatic carbocycles. The van der Waals surface area contributed by atoms with Crippen molar-refractivity contribution in [2.45, 2.75) is 58.3 Å². The fourth-order valence-electron chi connectivity index (χ4n) is 2.05. The van der Waals surface area contributed by atoms with Gasteiger partial charge in [0.25, 0.3) is 0 Å². The molecule has 0 aromatic heterocycles. The SMILES string of the molecule is CCC=CCC=CCC=CCC=CCC=CCC=CCCCP(=O)(O)O. The van der Waals surface area contributed by atoms with Gasteiger partial charge in [-0.05, 0) is 51.4 Å². The van der Waals surface area contributed by atoms with Gasteiger partial charge in [0.1, 0.15) is 0 Å². The predicted molar refractivity (Wildman–Crippen MR) is 114 cm³/mol. The molecule has 0 unspecified atom stereocenters. The van der Waals surface area contributed by atoms with Crippen molar-refractivity contribution in [3.8, 4) is 0 Å². The summed E-state index contributed by atoms with van der Waals surface area (Å²) in [5.74, 6) is 0. The molecule has 0 aliphatic carbocycles. The molecule has 146 valence electrons. The minimum Gasteiger partial charge on any atom is -0.324 e. The van der Waals surface area contributed by atoms with Crippen LogP contribution >= 0.6 is 7.60 Å². The summed E-state index contributed by atoms with van der Waals surface area (Å²) < 4.78 is 10.7. The maximum atomic E-state index is 10.7. The lowest BCUT2D eigenvalue weighted by atomic mass is 10.2. The van der Waals surface area contributed by atoms with Gasteiger partial charge >= 0.3 is 7.60 Å². The van der Waals surface area contributed by atoms with Crippen molar-refractivity contribution in [1.82, 2.24) is 0 Å². The lowest BCUT2D eigenvalue weighted by Gasteiger charge is -1.99. The first-order chi connectivity index (χ1) is 12.6. The van der Waals surface area contributed by atoms with Gasteiger partial charge < -0.3 is 9.79 Å². The fourth-order valence-corrected chi connectivity index (χ4v) is 2.65. The van der Waals surface area contributed by atoms with E-state index < -0.39 is 7.60 Å². The molecule has 4 heteroatoms. The topological polar surface area (TPSA) is 57.5 Å². The first-order valence-corrected chi connectivity index (χ1v) is 11.3. The van der Waals surface area contributed by atoms with E-state index in [1.165, 1.54) is 0 Å². The fraction of sp³-hybridized carbons (Fsp3) is 0.455. The molecule has 2 N–H and O–H groups in total. The molecule has 0 heterocycles. The summed E-state index contributed by atoms with van der Waals surface area (Å²) in [6.45, 7) is 2.14. The van der Waals surface area contributed by atoms with Crippen LogP contribution in [0.2, 0.25) is 0 Å². The molecule has 3 nitrogen and oxygen atoms in total. The van der Waals surface area contributed by atoms with Gasteiger partial charge in [0.05, 0.1) is 6.16 Å². The zero-order valence-electron chi connectivity index (χ0n) is 16.0. The molecule has 0 aliphatic rings. The molecule has 0 bridgehead atoms. The molecule has 0 rings (SSSR count). The van der Waals surface area contributed by atoms with Crippen LogP contribution in [0.3, 0.4) is 0 Å². The van der Waals surface area contributed by atoms with Crippen LogP contribution in [-0.2, 0) is 4.57 Å². The molecule has 0 radical (unpaired) electrons. The number of rotatable bonds is 15. The van der Waals surface area contributed by atoms with E-state index in [1.807, 2.05) is 12.2 Å². The Bertz CT molecular complexity index is 534. The summed E-state index contributed by atoms with van der Waals surface area (Å²) >= 11 is 0. The van der Waals surface area contributed by atoms with Crippen molar-refractivity contribution in [1.29, 1.82) is 0 Å². The van der Waals surface area contributed by atoms with E-state index in [0.29, 0.717) is 6.42 Å². The van der Waals surface area contributed by atoms with Gasteiger partial charge in [-0.1, -0.05) is 79.8 Å². The number of hydrogen-bond donors (Lipinski definition) is 2. The van der Waals surface area contributed by atoms with E-state index in [1.54, 1.807) is 0 Å². The van der Waals surface area contributed by atoms with Gasteiger partial charge in [0.15, 0.2) is 0 Å². The summed E-state index contributed by atoms with van der Waals surface area (Å²) in [6, 6.07) is 0. The predicted octanol–water partition coefficient (Wildman–Crippen LogP) is 6.64. The Morgan fingerprint density at radius 2 is 0.962 bits per heavy atom. The molecular formula is C22H35O3P. The quantitative estimate of drug-likeness (QED) is 0.191. The first kappa shape index (κ1) is 24.6. The highest BCUT2D eigenvalue weighted by Crippen LogP contribution is 2.35. The number of hydrogen-bond acceptors (Lipinski definition) is 1. The van der Waals surface area contributed by atoms with Crippen molar-refractivity contribution in [2.24, 2.45) is 0 Å². The van der Waals surface area contributed by atoms with Crippen molar-refractivity contribution in [3.63, 3.8) is 0 Å². The van der Waals surface area contributed by atoms with Crippen molar-refractivity contribution >= 4 is 7.60 Å². The first-order valence-electron chi connectivity index (χ1n) is 9.50. The second-order valence-corrected chi connectivity index (χ2v) is 7.72. The van der Waals surface area contributed by atoms with Crippen LogP contribution in [0.4, 0.5) is 0 Å². The molecule has 0 atom stereocenters. The van der Waals surface area contributed by atoms with Crippen molar-refractivity contribution in [3.05, 3.63) is 72.9 Å². The largest absolute Gasteiger partial charge is 0.325 e. The second kappa shape index (κ2) is 18.4. The number of allylic oxidation sites excluding steroid dienone is 12. The van der Waals surface area contributed by atoms with Gasteiger partial charge in [-0.25, -0.2) is 0 Å². The Labute approximate surface area is 159 Å². The van der Waals surface area contributed by atoms with Gasteiger partial charge in [-0.3, -0.25) is 4.57 Å². The average molecular weight is 378 g/mol. The summed E-state index contributed by atoms with van der Waals surface area (Å²) in [6.07, 6.45) is 32.9. The lowest BCUT2D eigenvalue weighted by molar-refractivity contribution is 0.372. The summed E-state index contributed by atoms with van der Waals surface area (Å²) in [7, 11) is -3.83. The third-order valence-electron chi connectivity index (χ3n) is 3.42. The second-order valence-electron chi connectivity index (χ2n) is 5.95. The molecule has 0 spiro atoms. The average Bonchev–Trinajstić information content (AvgIpc) is 2.59. The molecule has 0 aromatic rings. The monoisotopic (exact) mass is 378 g/mol. The minimum atomic E-state index is -3.83. The van der Waals surface area contributed by atoms with E-state index in [-0.39, 0.29) is 6.16 Å². The van der Waals surface area contributed by atoms with Gasteiger partial charge in [0, 0.05) is 0 Å². The van der Waals surface area contributed by atoms with E-state index in [9.17, 15) is 4.57 Å². The highest BCUT2D eigenvalue weighted by atomic mass is 31.2. The van der Waals surface area contributed by atoms with Crippen LogP contribution in [0, 0.1) is 0 Å². The van der Waals surface area contributed by atoms with E-state index in [2.05, 4.69) is 67.7 Å². The van der Waals surface area contributed by atoms with E-state index >= 15 is 0 Å². The smallest absolute Gasteiger partial charge is 0.324 e.